The maximum atomic E-state index is 10.4. The fraction of sp³-hybridized carbons (Fsp3) is 0.800. The van der Waals surface area contributed by atoms with Crippen LogP contribution in [0.4, 0.5) is 0 Å². The van der Waals surface area contributed by atoms with E-state index in [4.69, 9.17) is 0 Å². The molecule has 0 atom stereocenters. The molecule has 0 amide bonds. The highest BCUT2D eigenvalue weighted by Crippen LogP contribution is 2.12. The molecule has 0 bridgehead atoms. The third kappa shape index (κ3) is 4.65. The Kier molecular flexibility index (Phi) is 4.67. The van der Waals surface area contributed by atoms with E-state index in [2.05, 4.69) is 12.0 Å². The van der Waals surface area contributed by atoms with Crippen LogP contribution in [-0.2, 0) is 4.79 Å². The molecule has 0 aromatic carbocycles. The maximum Gasteiger partial charge on any atom is 0.141 e. The van der Waals surface area contributed by atoms with Gasteiger partial charge in [0.2, 0.25) is 0 Å². The zero-order valence-corrected chi connectivity index (χ0v) is 9.29. The van der Waals surface area contributed by atoms with Gasteiger partial charge in [0.1, 0.15) is 6.29 Å². The number of nitrogens with zero attached hydrogens (tertiary/aromatic N) is 2. The van der Waals surface area contributed by atoms with Crippen molar-refractivity contribution < 1.29 is 4.79 Å². The minimum Gasteiger partial charge on any atom is -0.301 e. The molecule has 0 aromatic rings. The van der Waals surface area contributed by atoms with E-state index in [0.717, 1.165) is 18.4 Å². The lowest BCUT2D eigenvalue weighted by molar-refractivity contribution is -0.110. The Labute approximate surface area is 80.8 Å². The SMILES string of the molecule is CC/C(C)=N/N(CC=O)C(C)(C)C. The Hall–Kier alpha value is -0.860. The van der Waals surface area contributed by atoms with Crippen LogP contribution >= 0.6 is 0 Å². The average Bonchev–Trinajstić information content (AvgIpc) is 2.01. The summed E-state index contributed by atoms with van der Waals surface area (Å²) in [5.74, 6) is 0. The number of aldehydes is 1. The predicted octanol–water partition coefficient (Wildman–Crippen LogP) is 2.07. The number of carbonyl (C=O) groups is 1. The van der Waals surface area contributed by atoms with Gasteiger partial charge < -0.3 is 4.79 Å². The Morgan fingerprint density at radius 3 is 2.31 bits per heavy atom. The summed E-state index contributed by atoms with van der Waals surface area (Å²) in [6, 6.07) is 0. The highest BCUT2D eigenvalue weighted by molar-refractivity contribution is 5.81. The third-order valence-corrected chi connectivity index (χ3v) is 1.82. The molecule has 0 saturated heterocycles. The standard InChI is InChI=1S/C10H20N2O/c1-6-9(2)11-12(7-8-13)10(3,4)5/h8H,6-7H2,1-5H3/b11-9+. The van der Waals surface area contributed by atoms with Crippen LogP contribution in [0.25, 0.3) is 0 Å². The van der Waals surface area contributed by atoms with Gasteiger partial charge in [-0.3, -0.25) is 5.01 Å². The van der Waals surface area contributed by atoms with Crippen molar-refractivity contribution in [3.8, 4) is 0 Å². The number of hydrazone groups is 1. The minimum absolute atomic E-state index is 0.0860. The van der Waals surface area contributed by atoms with Crippen molar-refractivity contribution in [2.75, 3.05) is 6.54 Å². The molecule has 0 aliphatic carbocycles. The molecule has 0 aliphatic rings. The first-order chi connectivity index (χ1) is 5.91. The van der Waals surface area contributed by atoms with Crippen molar-refractivity contribution in [3.63, 3.8) is 0 Å². The summed E-state index contributed by atoms with van der Waals surface area (Å²) in [5, 5.41) is 6.19. The van der Waals surface area contributed by atoms with Crippen LogP contribution in [0.15, 0.2) is 5.10 Å². The van der Waals surface area contributed by atoms with Gasteiger partial charge in [0.15, 0.2) is 0 Å². The highest BCUT2D eigenvalue weighted by Gasteiger charge is 2.18. The fourth-order valence-corrected chi connectivity index (χ4v) is 0.812. The van der Waals surface area contributed by atoms with Crippen LogP contribution in [0.2, 0.25) is 0 Å². The molecule has 0 heterocycles. The van der Waals surface area contributed by atoms with Crippen molar-refractivity contribution >= 4 is 12.0 Å². The van der Waals surface area contributed by atoms with E-state index in [1.54, 1.807) is 0 Å². The second-order valence-electron chi connectivity index (χ2n) is 4.11. The van der Waals surface area contributed by atoms with Gasteiger partial charge in [-0.2, -0.15) is 5.10 Å². The Morgan fingerprint density at radius 1 is 1.46 bits per heavy atom. The molecule has 0 saturated carbocycles. The highest BCUT2D eigenvalue weighted by atomic mass is 16.1. The van der Waals surface area contributed by atoms with Crippen LogP contribution in [0, 0.1) is 0 Å². The van der Waals surface area contributed by atoms with Crippen molar-refractivity contribution in [2.45, 2.75) is 46.6 Å². The molecule has 0 spiro atoms. The Balaban J connectivity index is 4.52. The summed E-state index contributed by atoms with van der Waals surface area (Å²) in [6.45, 7) is 10.5. The topological polar surface area (TPSA) is 32.7 Å². The van der Waals surface area contributed by atoms with Crippen molar-refractivity contribution in [1.82, 2.24) is 5.01 Å². The quantitative estimate of drug-likeness (QED) is 0.380. The first-order valence-electron chi connectivity index (χ1n) is 4.67. The van der Waals surface area contributed by atoms with Crippen LogP contribution in [-0.4, -0.2) is 29.1 Å². The van der Waals surface area contributed by atoms with Crippen LogP contribution in [0.3, 0.4) is 0 Å². The van der Waals surface area contributed by atoms with Gasteiger partial charge in [-0.05, 0) is 34.1 Å². The normalized spacial score (nSPS) is 12.8. The van der Waals surface area contributed by atoms with E-state index in [-0.39, 0.29) is 5.54 Å². The first-order valence-corrected chi connectivity index (χ1v) is 4.67. The van der Waals surface area contributed by atoms with Gasteiger partial charge in [0, 0.05) is 11.3 Å². The van der Waals surface area contributed by atoms with E-state index in [1.165, 1.54) is 0 Å². The van der Waals surface area contributed by atoms with Gasteiger partial charge in [0.25, 0.3) is 0 Å². The van der Waals surface area contributed by atoms with Crippen molar-refractivity contribution in [2.24, 2.45) is 5.10 Å². The number of carbonyl (C=O) groups excluding carboxylic acids is 1. The number of hydrogen-bond acceptors (Lipinski definition) is 3. The lowest BCUT2D eigenvalue weighted by Crippen LogP contribution is -2.39. The molecule has 0 N–H and O–H groups in total. The molecule has 0 rings (SSSR count). The minimum atomic E-state index is -0.0860. The second-order valence-corrected chi connectivity index (χ2v) is 4.11. The molecule has 3 nitrogen and oxygen atoms in total. The van der Waals surface area contributed by atoms with E-state index in [9.17, 15) is 4.79 Å². The monoisotopic (exact) mass is 184 g/mol. The van der Waals surface area contributed by atoms with E-state index in [1.807, 2.05) is 32.7 Å². The van der Waals surface area contributed by atoms with Crippen molar-refractivity contribution in [1.29, 1.82) is 0 Å². The van der Waals surface area contributed by atoms with Crippen molar-refractivity contribution in [3.05, 3.63) is 0 Å². The molecule has 0 radical (unpaired) electrons. The van der Waals surface area contributed by atoms with Gasteiger partial charge in [0.05, 0.1) is 6.54 Å². The molecule has 0 aromatic heterocycles. The van der Waals surface area contributed by atoms with Gasteiger partial charge in [-0.25, -0.2) is 0 Å². The Morgan fingerprint density at radius 2 is 2.00 bits per heavy atom. The van der Waals surface area contributed by atoms with Gasteiger partial charge >= 0.3 is 0 Å². The van der Waals surface area contributed by atoms with Gasteiger partial charge in [-0.15, -0.1) is 0 Å². The lowest BCUT2D eigenvalue weighted by atomic mass is 10.1. The summed E-state index contributed by atoms with van der Waals surface area (Å²) in [6.07, 6.45) is 1.81. The zero-order valence-electron chi connectivity index (χ0n) is 9.29. The van der Waals surface area contributed by atoms with E-state index < -0.39 is 0 Å². The Bertz CT molecular complexity index is 192. The zero-order chi connectivity index (χ0) is 10.5. The largest absolute Gasteiger partial charge is 0.301 e. The predicted molar refractivity (Wildman–Crippen MR) is 55.9 cm³/mol. The summed E-state index contributed by atoms with van der Waals surface area (Å²) < 4.78 is 0. The van der Waals surface area contributed by atoms with Crippen LogP contribution in [0.1, 0.15) is 41.0 Å². The molecular weight excluding hydrogens is 164 g/mol. The molecule has 0 aliphatic heterocycles. The van der Waals surface area contributed by atoms with Gasteiger partial charge in [-0.1, -0.05) is 6.92 Å². The number of hydrogen-bond donors (Lipinski definition) is 0. The molecule has 0 fully saturated rings. The summed E-state index contributed by atoms with van der Waals surface area (Å²) in [7, 11) is 0. The lowest BCUT2D eigenvalue weighted by Gasteiger charge is -2.31. The average molecular weight is 184 g/mol. The molecule has 13 heavy (non-hydrogen) atoms. The summed E-state index contributed by atoms with van der Waals surface area (Å²) >= 11 is 0. The molecular formula is C10H20N2O. The fourth-order valence-electron chi connectivity index (χ4n) is 0.812. The summed E-state index contributed by atoms with van der Waals surface area (Å²) in [5.41, 5.74) is 0.967. The second kappa shape index (κ2) is 5.00. The molecule has 76 valence electrons. The molecule has 3 heteroatoms. The summed E-state index contributed by atoms with van der Waals surface area (Å²) in [4.78, 5) is 10.4. The maximum absolute atomic E-state index is 10.4. The molecule has 0 unspecified atom stereocenters. The number of rotatable bonds is 4. The van der Waals surface area contributed by atoms with Crippen LogP contribution < -0.4 is 0 Å². The smallest absolute Gasteiger partial charge is 0.141 e. The van der Waals surface area contributed by atoms with Crippen LogP contribution in [0.5, 0.6) is 0 Å². The first kappa shape index (κ1) is 12.1. The third-order valence-electron chi connectivity index (χ3n) is 1.82. The van der Waals surface area contributed by atoms with E-state index >= 15 is 0 Å². The van der Waals surface area contributed by atoms with E-state index in [0.29, 0.717) is 6.54 Å².